The molecule has 2 atom stereocenters. The van der Waals surface area contributed by atoms with Crippen molar-refractivity contribution in [3.63, 3.8) is 0 Å². The second kappa shape index (κ2) is 3.01. The van der Waals surface area contributed by atoms with Crippen LogP contribution in [0, 0.1) is 5.41 Å². The normalized spacial score (nSPS) is 30.4. The molecule has 2 nitrogen and oxygen atoms in total. The maximum absolute atomic E-state index is 6.14. The highest BCUT2D eigenvalue weighted by atomic mass is 15.1. The number of nitrogens with two attached hydrogens (primary N) is 1. The molecule has 3 rings (SSSR count). The number of anilines is 1. The smallest absolute Gasteiger partial charge is 0.0397 e. The molecule has 1 saturated carbocycles. The number of benzene rings is 1. The SMILES string of the molecule is CN1CCc2cc(C3C(N)C3(C)C)ccc21. The summed E-state index contributed by atoms with van der Waals surface area (Å²) in [6, 6.07) is 7.24. The predicted molar refractivity (Wildman–Crippen MR) is 67.9 cm³/mol. The zero-order valence-corrected chi connectivity index (χ0v) is 10.3. The van der Waals surface area contributed by atoms with Crippen molar-refractivity contribution in [3.05, 3.63) is 29.3 Å². The first kappa shape index (κ1) is 10.2. The molecule has 0 saturated heterocycles. The van der Waals surface area contributed by atoms with Gasteiger partial charge in [-0.3, -0.25) is 0 Å². The van der Waals surface area contributed by atoms with Gasteiger partial charge < -0.3 is 10.6 Å². The third-order valence-electron chi connectivity index (χ3n) is 4.50. The van der Waals surface area contributed by atoms with Crippen LogP contribution in [0.4, 0.5) is 5.69 Å². The van der Waals surface area contributed by atoms with Crippen LogP contribution in [0.1, 0.15) is 30.9 Å². The van der Waals surface area contributed by atoms with Crippen LogP contribution >= 0.6 is 0 Å². The minimum Gasteiger partial charge on any atom is -0.374 e. The number of nitrogens with zero attached hydrogens (tertiary/aromatic N) is 1. The molecular formula is C14H20N2. The number of fused-ring (bicyclic) bond motifs is 1. The summed E-state index contributed by atoms with van der Waals surface area (Å²) in [5.74, 6) is 0.559. The molecule has 2 unspecified atom stereocenters. The lowest BCUT2D eigenvalue weighted by Crippen LogP contribution is -2.12. The molecular weight excluding hydrogens is 196 g/mol. The summed E-state index contributed by atoms with van der Waals surface area (Å²) in [4.78, 5) is 2.33. The van der Waals surface area contributed by atoms with Crippen molar-refractivity contribution in [2.75, 3.05) is 18.5 Å². The Balaban J connectivity index is 1.95. The van der Waals surface area contributed by atoms with E-state index in [1.807, 2.05) is 0 Å². The van der Waals surface area contributed by atoms with Crippen LogP contribution < -0.4 is 10.6 Å². The van der Waals surface area contributed by atoms with Crippen LogP contribution in [0.3, 0.4) is 0 Å². The van der Waals surface area contributed by atoms with Gasteiger partial charge in [-0.25, -0.2) is 0 Å². The van der Waals surface area contributed by atoms with Gasteiger partial charge in [-0.1, -0.05) is 26.0 Å². The van der Waals surface area contributed by atoms with Crippen molar-refractivity contribution in [1.82, 2.24) is 0 Å². The Bertz CT molecular complexity index is 436. The summed E-state index contributed by atoms with van der Waals surface area (Å²) >= 11 is 0. The topological polar surface area (TPSA) is 29.3 Å². The van der Waals surface area contributed by atoms with Crippen LogP contribution in [0.5, 0.6) is 0 Å². The van der Waals surface area contributed by atoms with Crippen molar-refractivity contribution >= 4 is 5.69 Å². The molecule has 1 aliphatic carbocycles. The summed E-state index contributed by atoms with van der Waals surface area (Å²) in [7, 11) is 2.16. The number of hydrogen-bond acceptors (Lipinski definition) is 2. The van der Waals surface area contributed by atoms with E-state index in [1.54, 1.807) is 0 Å². The summed E-state index contributed by atoms with van der Waals surface area (Å²) in [5.41, 5.74) is 10.8. The first-order valence-electron chi connectivity index (χ1n) is 6.11. The minimum atomic E-state index is 0.290. The van der Waals surface area contributed by atoms with Gasteiger partial charge in [0, 0.05) is 31.2 Å². The molecule has 0 bridgehead atoms. The molecule has 2 N–H and O–H groups in total. The molecule has 1 aliphatic heterocycles. The van der Waals surface area contributed by atoms with E-state index in [0.29, 0.717) is 17.4 Å². The zero-order chi connectivity index (χ0) is 11.5. The highest BCUT2D eigenvalue weighted by molar-refractivity contribution is 5.59. The van der Waals surface area contributed by atoms with E-state index in [-0.39, 0.29) is 0 Å². The van der Waals surface area contributed by atoms with Crippen molar-refractivity contribution in [2.24, 2.45) is 11.1 Å². The second-order valence-electron chi connectivity index (χ2n) is 5.88. The number of hydrogen-bond donors (Lipinski definition) is 1. The maximum atomic E-state index is 6.14. The highest BCUT2D eigenvalue weighted by Gasteiger charge is 2.56. The summed E-state index contributed by atoms with van der Waals surface area (Å²) < 4.78 is 0. The van der Waals surface area contributed by atoms with Crippen molar-refractivity contribution < 1.29 is 0 Å². The molecule has 0 aromatic heterocycles. The van der Waals surface area contributed by atoms with Crippen molar-refractivity contribution in [2.45, 2.75) is 32.2 Å². The Kier molecular flexibility index (Phi) is 1.91. The zero-order valence-electron chi connectivity index (χ0n) is 10.3. The Morgan fingerprint density at radius 1 is 1.38 bits per heavy atom. The molecule has 86 valence electrons. The van der Waals surface area contributed by atoms with E-state index < -0.39 is 0 Å². The van der Waals surface area contributed by atoms with Gasteiger partial charge in [-0.2, -0.15) is 0 Å². The average molecular weight is 216 g/mol. The van der Waals surface area contributed by atoms with Crippen molar-refractivity contribution in [1.29, 1.82) is 0 Å². The fraction of sp³-hybridized carbons (Fsp3) is 0.571. The molecule has 1 fully saturated rings. The lowest BCUT2D eigenvalue weighted by atomic mass is 10.00. The van der Waals surface area contributed by atoms with Gasteiger partial charge in [0.2, 0.25) is 0 Å². The molecule has 1 aromatic rings. The van der Waals surface area contributed by atoms with Crippen LogP contribution in [0.15, 0.2) is 18.2 Å². The summed E-state index contributed by atoms with van der Waals surface area (Å²) in [5, 5.41) is 0. The van der Waals surface area contributed by atoms with E-state index in [0.717, 1.165) is 6.54 Å². The average Bonchev–Trinajstić information content (AvgIpc) is 2.57. The maximum Gasteiger partial charge on any atom is 0.0397 e. The lowest BCUT2D eigenvalue weighted by Gasteiger charge is -2.12. The van der Waals surface area contributed by atoms with Gasteiger partial charge in [-0.05, 0) is 29.0 Å². The van der Waals surface area contributed by atoms with Gasteiger partial charge in [0.1, 0.15) is 0 Å². The Morgan fingerprint density at radius 2 is 2.06 bits per heavy atom. The van der Waals surface area contributed by atoms with Crippen LogP contribution in [0.25, 0.3) is 0 Å². The highest BCUT2D eigenvalue weighted by Crippen LogP contribution is 2.57. The van der Waals surface area contributed by atoms with Crippen LogP contribution in [-0.2, 0) is 6.42 Å². The molecule has 2 aliphatic rings. The summed E-state index contributed by atoms with van der Waals surface area (Å²) in [6.45, 7) is 5.68. The standard InChI is InChI=1S/C14H20N2/c1-14(2)12(13(14)15)10-4-5-11-9(8-10)6-7-16(11)3/h4-5,8,12-13H,6-7,15H2,1-3H3. The lowest BCUT2D eigenvalue weighted by molar-refractivity contribution is 0.599. The third kappa shape index (κ3) is 1.23. The van der Waals surface area contributed by atoms with Gasteiger partial charge in [0.15, 0.2) is 0 Å². The van der Waals surface area contributed by atoms with Gasteiger partial charge in [-0.15, -0.1) is 0 Å². The van der Waals surface area contributed by atoms with Gasteiger partial charge in [0.05, 0.1) is 0 Å². The molecule has 0 amide bonds. The fourth-order valence-electron chi connectivity index (χ4n) is 3.09. The minimum absolute atomic E-state index is 0.290. The first-order chi connectivity index (χ1) is 7.51. The van der Waals surface area contributed by atoms with Crippen LogP contribution in [-0.4, -0.2) is 19.6 Å². The van der Waals surface area contributed by atoms with Gasteiger partial charge >= 0.3 is 0 Å². The molecule has 0 radical (unpaired) electrons. The molecule has 0 spiro atoms. The second-order valence-corrected chi connectivity index (χ2v) is 5.88. The van der Waals surface area contributed by atoms with E-state index in [2.05, 4.69) is 44.0 Å². The van der Waals surface area contributed by atoms with E-state index in [9.17, 15) is 0 Å². The first-order valence-corrected chi connectivity index (χ1v) is 6.11. The van der Waals surface area contributed by atoms with E-state index in [4.69, 9.17) is 5.73 Å². The van der Waals surface area contributed by atoms with Gasteiger partial charge in [0.25, 0.3) is 0 Å². The molecule has 1 heterocycles. The van der Waals surface area contributed by atoms with Crippen LogP contribution in [0.2, 0.25) is 0 Å². The number of rotatable bonds is 1. The Morgan fingerprint density at radius 3 is 2.69 bits per heavy atom. The predicted octanol–water partition coefficient (Wildman–Crippen LogP) is 2.13. The monoisotopic (exact) mass is 216 g/mol. The molecule has 1 aromatic carbocycles. The fourth-order valence-corrected chi connectivity index (χ4v) is 3.09. The summed E-state index contributed by atoms with van der Waals surface area (Å²) in [6.07, 6.45) is 1.18. The number of likely N-dealkylation sites (N-methyl/N-ethyl adjacent to an activating group) is 1. The van der Waals surface area contributed by atoms with Crippen molar-refractivity contribution in [3.8, 4) is 0 Å². The molecule has 16 heavy (non-hydrogen) atoms. The van der Waals surface area contributed by atoms with E-state index >= 15 is 0 Å². The molecule has 2 heteroatoms. The third-order valence-corrected chi connectivity index (χ3v) is 4.50. The quantitative estimate of drug-likeness (QED) is 0.779. The Hall–Kier alpha value is -1.02. The van der Waals surface area contributed by atoms with E-state index in [1.165, 1.54) is 23.2 Å². The largest absolute Gasteiger partial charge is 0.374 e. The Labute approximate surface area is 97.4 Å².